The van der Waals surface area contributed by atoms with E-state index < -0.39 is 0 Å². The van der Waals surface area contributed by atoms with Crippen LogP contribution in [0.25, 0.3) is 10.1 Å². The van der Waals surface area contributed by atoms with Crippen LogP contribution in [0, 0.1) is 0 Å². The largest absolute Gasteiger partial charge is 0.398 e. The van der Waals surface area contributed by atoms with E-state index in [4.69, 9.17) is 5.73 Å². The Balaban J connectivity index is 2.88. The Labute approximate surface area is 90.1 Å². The standard InChI is InChI=1S/C10H9NOS2/c1-13-10-7(5-12)6-2-3-14-9(6)4-8(10)11/h2-5H,11H2,1H3. The number of nitrogens with two attached hydrogens (primary N) is 1. The predicted molar refractivity (Wildman–Crippen MR) is 63.4 cm³/mol. The molecule has 1 aromatic carbocycles. The number of benzene rings is 1. The van der Waals surface area contributed by atoms with Crippen LogP contribution in [0.2, 0.25) is 0 Å². The number of fused-ring (bicyclic) bond motifs is 1. The molecule has 1 aromatic heterocycles. The summed E-state index contributed by atoms with van der Waals surface area (Å²) in [5.74, 6) is 0. The predicted octanol–water partition coefficient (Wildman–Crippen LogP) is 3.02. The summed E-state index contributed by atoms with van der Waals surface area (Å²) in [6.07, 6.45) is 2.81. The van der Waals surface area contributed by atoms with E-state index in [1.165, 1.54) is 11.8 Å². The highest BCUT2D eigenvalue weighted by Gasteiger charge is 2.10. The molecule has 0 amide bonds. The van der Waals surface area contributed by atoms with Crippen LogP contribution in [0.1, 0.15) is 10.4 Å². The Morgan fingerprint density at radius 3 is 3.00 bits per heavy atom. The lowest BCUT2D eigenvalue weighted by Crippen LogP contribution is -1.93. The lowest BCUT2D eigenvalue weighted by atomic mass is 10.1. The van der Waals surface area contributed by atoms with Gasteiger partial charge in [-0.2, -0.15) is 0 Å². The van der Waals surface area contributed by atoms with Crippen molar-refractivity contribution in [1.29, 1.82) is 0 Å². The zero-order valence-corrected chi connectivity index (χ0v) is 9.24. The molecule has 0 aliphatic carbocycles. The van der Waals surface area contributed by atoms with Crippen molar-refractivity contribution in [3.8, 4) is 0 Å². The average Bonchev–Trinajstić information content (AvgIpc) is 2.62. The van der Waals surface area contributed by atoms with Crippen molar-refractivity contribution in [1.82, 2.24) is 0 Å². The number of aldehydes is 1. The van der Waals surface area contributed by atoms with Gasteiger partial charge in [0.1, 0.15) is 0 Å². The van der Waals surface area contributed by atoms with Crippen molar-refractivity contribution >= 4 is 45.2 Å². The molecule has 72 valence electrons. The van der Waals surface area contributed by atoms with Gasteiger partial charge in [-0.1, -0.05) is 0 Å². The third-order valence-electron chi connectivity index (χ3n) is 2.10. The van der Waals surface area contributed by atoms with Crippen LogP contribution in [-0.2, 0) is 0 Å². The Morgan fingerprint density at radius 1 is 1.57 bits per heavy atom. The number of thiophene rings is 1. The molecule has 4 heteroatoms. The molecule has 0 saturated carbocycles. The molecule has 2 aromatic rings. The quantitative estimate of drug-likeness (QED) is 0.483. The molecule has 2 rings (SSSR count). The fraction of sp³-hybridized carbons (Fsp3) is 0.100. The average molecular weight is 223 g/mol. The topological polar surface area (TPSA) is 43.1 Å². The van der Waals surface area contributed by atoms with Gasteiger partial charge in [0, 0.05) is 26.2 Å². The van der Waals surface area contributed by atoms with Gasteiger partial charge in [-0.3, -0.25) is 4.79 Å². The Morgan fingerprint density at radius 2 is 2.36 bits per heavy atom. The first-order valence-electron chi connectivity index (χ1n) is 4.06. The number of hydrogen-bond acceptors (Lipinski definition) is 4. The molecule has 0 unspecified atom stereocenters. The van der Waals surface area contributed by atoms with Gasteiger partial charge in [-0.15, -0.1) is 23.1 Å². The second kappa shape index (κ2) is 3.63. The summed E-state index contributed by atoms with van der Waals surface area (Å²) in [4.78, 5) is 11.9. The first kappa shape index (κ1) is 9.55. The minimum atomic E-state index is 0.689. The number of anilines is 1. The van der Waals surface area contributed by atoms with Gasteiger partial charge in [0.25, 0.3) is 0 Å². The van der Waals surface area contributed by atoms with Crippen molar-refractivity contribution in [3.05, 3.63) is 23.1 Å². The minimum absolute atomic E-state index is 0.689. The number of thioether (sulfide) groups is 1. The summed E-state index contributed by atoms with van der Waals surface area (Å²) >= 11 is 3.12. The SMILES string of the molecule is CSc1c(N)cc2sccc2c1C=O. The Hall–Kier alpha value is -1.00. The van der Waals surface area contributed by atoms with Crippen LogP contribution in [-0.4, -0.2) is 12.5 Å². The van der Waals surface area contributed by atoms with Crippen LogP contribution in [0.5, 0.6) is 0 Å². The number of hydrogen-bond donors (Lipinski definition) is 1. The molecule has 14 heavy (non-hydrogen) atoms. The number of nitrogen functional groups attached to an aromatic ring is 1. The Bertz CT molecular complexity index is 490. The van der Waals surface area contributed by atoms with Gasteiger partial charge in [-0.05, 0) is 23.8 Å². The molecular formula is C10H9NOS2. The highest BCUT2D eigenvalue weighted by Crippen LogP contribution is 2.35. The van der Waals surface area contributed by atoms with Crippen molar-refractivity contribution < 1.29 is 4.79 Å². The van der Waals surface area contributed by atoms with Gasteiger partial charge in [-0.25, -0.2) is 0 Å². The first-order valence-corrected chi connectivity index (χ1v) is 6.17. The second-order valence-corrected chi connectivity index (χ2v) is 4.63. The van der Waals surface area contributed by atoms with E-state index in [0.717, 1.165) is 21.3 Å². The van der Waals surface area contributed by atoms with E-state index in [0.29, 0.717) is 11.3 Å². The van der Waals surface area contributed by atoms with E-state index in [1.807, 2.05) is 23.8 Å². The maximum absolute atomic E-state index is 11.0. The van der Waals surface area contributed by atoms with Gasteiger partial charge >= 0.3 is 0 Å². The van der Waals surface area contributed by atoms with E-state index in [-0.39, 0.29) is 0 Å². The van der Waals surface area contributed by atoms with Crippen LogP contribution in [0.4, 0.5) is 5.69 Å². The molecule has 1 heterocycles. The summed E-state index contributed by atoms with van der Waals surface area (Å²) in [7, 11) is 0. The van der Waals surface area contributed by atoms with Gasteiger partial charge in [0.2, 0.25) is 0 Å². The third kappa shape index (κ3) is 1.31. The molecule has 2 nitrogen and oxygen atoms in total. The summed E-state index contributed by atoms with van der Waals surface area (Å²) in [5.41, 5.74) is 7.27. The van der Waals surface area contributed by atoms with E-state index in [9.17, 15) is 4.79 Å². The van der Waals surface area contributed by atoms with Gasteiger partial charge in [0.05, 0.1) is 0 Å². The van der Waals surface area contributed by atoms with Crippen LogP contribution in [0.3, 0.4) is 0 Å². The lowest BCUT2D eigenvalue weighted by Gasteiger charge is -2.06. The van der Waals surface area contributed by atoms with E-state index >= 15 is 0 Å². The summed E-state index contributed by atoms with van der Waals surface area (Å²) in [6.45, 7) is 0. The molecular weight excluding hydrogens is 214 g/mol. The van der Waals surface area contributed by atoms with Crippen LogP contribution < -0.4 is 5.73 Å². The molecule has 0 spiro atoms. The molecule has 0 fully saturated rings. The zero-order valence-electron chi connectivity index (χ0n) is 7.61. The second-order valence-electron chi connectivity index (χ2n) is 2.86. The maximum Gasteiger partial charge on any atom is 0.151 e. The highest BCUT2D eigenvalue weighted by atomic mass is 32.2. The monoisotopic (exact) mass is 223 g/mol. The molecule has 2 N–H and O–H groups in total. The van der Waals surface area contributed by atoms with Crippen molar-refractivity contribution in [2.45, 2.75) is 4.90 Å². The molecule has 0 atom stereocenters. The molecule has 0 radical (unpaired) electrons. The summed E-state index contributed by atoms with van der Waals surface area (Å²) in [6, 6.07) is 3.89. The molecule has 0 aliphatic heterocycles. The highest BCUT2D eigenvalue weighted by molar-refractivity contribution is 7.98. The van der Waals surface area contributed by atoms with Gasteiger partial charge < -0.3 is 5.73 Å². The van der Waals surface area contributed by atoms with Crippen LogP contribution >= 0.6 is 23.1 Å². The normalized spacial score (nSPS) is 10.6. The lowest BCUT2D eigenvalue weighted by molar-refractivity contribution is 0.112. The molecule has 0 saturated heterocycles. The molecule has 0 bridgehead atoms. The summed E-state index contributed by atoms with van der Waals surface area (Å²) in [5, 5.41) is 2.98. The molecule has 0 aliphatic rings. The van der Waals surface area contributed by atoms with Crippen molar-refractivity contribution in [2.24, 2.45) is 0 Å². The van der Waals surface area contributed by atoms with Crippen molar-refractivity contribution in [3.63, 3.8) is 0 Å². The third-order valence-corrected chi connectivity index (χ3v) is 3.83. The number of carbonyl (C=O) groups is 1. The first-order chi connectivity index (χ1) is 6.77. The minimum Gasteiger partial charge on any atom is -0.398 e. The van der Waals surface area contributed by atoms with E-state index in [2.05, 4.69) is 0 Å². The van der Waals surface area contributed by atoms with E-state index in [1.54, 1.807) is 11.3 Å². The van der Waals surface area contributed by atoms with Crippen molar-refractivity contribution in [2.75, 3.05) is 12.0 Å². The fourth-order valence-corrected chi connectivity index (χ4v) is 3.01. The fourth-order valence-electron chi connectivity index (χ4n) is 1.48. The zero-order chi connectivity index (χ0) is 10.1. The number of carbonyl (C=O) groups excluding carboxylic acids is 1. The maximum atomic E-state index is 11.0. The Kier molecular flexibility index (Phi) is 2.48. The summed E-state index contributed by atoms with van der Waals surface area (Å²) < 4.78 is 1.07. The van der Waals surface area contributed by atoms with Crippen LogP contribution in [0.15, 0.2) is 22.4 Å². The van der Waals surface area contributed by atoms with Gasteiger partial charge in [0.15, 0.2) is 6.29 Å². The smallest absolute Gasteiger partial charge is 0.151 e. The number of rotatable bonds is 2.